The molecular weight excluding hydrogens is 292 g/mol. The summed E-state index contributed by atoms with van der Waals surface area (Å²) in [5.74, 6) is -0.495. The topological polar surface area (TPSA) is 52.6 Å². The molecule has 23 heavy (non-hydrogen) atoms. The van der Waals surface area contributed by atoms with Crippen LogP contribution in [-0.4, -0.2) is 25.2 Å². The molecule has 0 aromatic heterocycles. The van der Waals surface area contributed by atoms with E-state index in [1.807, 2.05) is 13.0 Å². The summed E-state index contributed by atoms with van der Waals surface area (Å²) in [5, 5.41) is 0. The molecule has 4 nitrogen and oxygen atoms in total. The molecule has 0 atom stereocenters. The zero-order chi connectivity index (χ0) is 17.9. The van der Waals surface area contributed by atoms with Crippen LogP contribution in [0.2, 0.25) is 0 Å². The Morgan fingerprint density at radius 1 is 0.957 bits per heavy atom. The molecule has 0 spiro atoms. The number of unbranched alkanes of at least 4 members (excludes halogenated alkanes) is 3. The minimum absolute atomic E-state index is 0.222. The van der Waals surface area contributed by atoms with Gasteiger partial charge in [-0.1, -0.05) is 44.1 Å². The van der Waals surface area contributed by atoms with Gasteiger partial charge in [-0.2, -0.15) is 0 Å². The molecular formula is C19H32O4. The van der Waals surface area contributed by atoms with Crippen LogP contribution in [0.4, 0.5) is 0 Å². The molecule has 0 heterocycles. The average Bonchev–Trinajstić information content (AvgIpc) is 2.54. The van der Waals surface area contributed by atoms with E-state index in [2.05, 4.69) is 17.7 Å². The molecule has 0 saturated carbocycles. The highest BCUT2D eigenvalue weighted by molar-refractivity contribution is 5.87. The molecule has 0 aliphatic rings. The number of carbonyl (C=O) groups excluding carboxylic acids is 2. The van der Waals surface area contributed by atoms with Crippen LogP contribution in [-0.2, 0) is 19.1 Å². The van der Waals surface area contributed by atoms with Crippen molar-refractivity contribution in [2.75, 3.05) is 13.2 Å². The van der Waals surface area contributed by atoms with E-state index >= 15 is 0 Å². The van der Waals surface area contributed by atoms with Gasteiger partial charge in [-0.15, -0.1) is 0 Å². The standard InChI is InChI=1S/C12H20O2.C7H12O2/c1-3-5-6-7-8-9-10-11-12(13)14-4-2;1-4-6(3)7(8)9-5-2/h8-11H,3-7H2,1-2H3;4H,5H2,1-3H3/b;6-4+. The molecule has 0 aromatic carbocycles. The van der Waals surface area contributed by atoms with Gasteiger partial charge in [0.2, 0.25) is 0 Å². The molecule has 0 N–H and O–H groups in total. The monoisotopic (exact) mass is 324 g/mol. The van der Waals surface area contributed by atoms with Gasteiger partial charge in [-0.3, -0.25) is 0 Å². The number of carbonyl (C=O) groups is 2. The zero-order valence-corrected chi connectivity index (χ0v) is 15.3. The maximum absolute atomic E-state index is 10.8. The van der Waals surface area contributed by atoms with Crippen molar-refractivity contribution in [1.82, 2.24) is 0 Å². The van der Waals surface area contributed by atoms with Crippen LogP contribution >= 0.6 is 0 Å². The second-order valence-electron chi connectivity index (χ2n) is 4.73. The number of hydrogen-bond donors (Lipinski definition) is 0. The first-order chi connectivity index (χ1) is 11.0. The second kappa shape index (κ2) is 18.2. The third-order valence-electron chi connectivity index (χ3n) is 2.77. The first-order valence-electron chi connectivity index (χ1n) is 8.33. The number of allylic oxidation sites excluding steroid dienone is 4. The van der Waals surface area contributed by atoms with Gasteiger partial charge < -0.3 is 9.47 Å². The lowest BCUT2D eigenvalue weighted by Crippen LogP contribution is -2.04. The molecule has 0 unspecified atom stereocenters. The highest BCUT2D eigenvalue weighted by Crippen LogP contribution is 1.99. The third kappa shape index (κ3) is 18.1. The zero-order valence-electron chi connectivity index (χ0n) is 15.3. The Morgan fingerprint density at radius 3 is 2.13 bits per heavy atom. The Balaban J connectivity index is 0. The largest absolute Gasteiger partial charge is 0.463 e. The van der Waals surface area contributed by atoms with Gasteiger partial charge in [0, 0.05) is 11.6 Å². The van der Waals surface area contributed by atoms with Gasteiger partial charge in [0.05, 0.1) is 13.2 Å². The Bertz CT molecular complexity index is 392. The lowest BCUT2D eigenvalue weighted by Gasteiger charge is -1.98. The Labute approximate surface area is 141 Å². The summed E-state index contributed by atoms with van der Waals surface area (Å²) >= 11 is 0. The van der Waals surface area contributed by atoms with E-state index in [9.17, 15) is 9.59 Å². The fraction of sp³-hybridized carbons (Fsp3) is 0.579. The lowest BCUT2D eigenvalue weighted by atomic mass is 10.2. The van der Waals surface area contributed by atoms with Gasteiger partial charge in [-0.25, -0.2) is 9.59 Å². The van der Waals surface area contributed by atoms with Crippen LogP contribution in [0.25, 0.3) is 0 Å². The average molecular weight is 324 g/mol. The fourth-order valence-electron chi connectivity index (χ4n) is 1.37. The fourth-order valence-corrected chi connectivity index (χ4v) is 1.37. The van der Waals surface area contributed by atoms with E-state index in [4.69, 9.17) is 4.74 Å². The Morgan fingerprint density at radius 2 is 1.61 bits per heavy atom. The van der Waals surface area contributed by atoms with Crippen molar-refractivity contribution in [2.24, 2.45) is 0 Å². The van der Waals surface area contributed by atoms with Gasteiger partial charge in [0.1, 0.15) is 0 Å². The summed E-state index contributed by atoms with van der Waals surface area (Å²) in [5.41, 5.74) is 0.664. The van der Waals surface area contributed by atoms with Crippen molar-refractivity contribution in [3.8, 4) is 0 Å². The van der Waals surface area contributed by atoms with Crippen molar-refractivity contribution in [2.45, 2.75) is 60.3 Å². The van der Waals surface area contributed by atoms with Crippen molar-refractivity contribution in [1.29, 1.82) is 0 Å². The summed E-state index contributed by atoms with van der Waals surface area (Å²) in [6, 6.07) is 0. The predicted octanol–water partition coefficient (Wildman–Crippen LogP) is 4.76. The van der Waals surface area contributed by atoms with E-state index in [1.54, 1.807) is 32.9 Å². The highest BCUT2D eigenvalue weighted by Gasteiger charge is 2.00. The highest BCUT2D eigenvalue weighted by atomic mass is 16.5. The summed E-state index contributed by atoms with van der Waals surface area (Å²) in [7, 11) is 0. The summed E-state index contributed by atoms with van der Waals surface area (Å²) in [6.07, 6.45) is 13.7. The summed E-state index contributed by atoms with van der Waals surface area (Å²) in [4.78, 5) is 21.5. The van der Waals surface area contributed by atoms with E-state index in [1.165, 1.54) is 25.3 Å². The molecule has 0 aromatic rings. The van der Waals surface area contributed by atoms with E-state index < -0.39 is 0 Å². The van der Waals surface area contributed by atoms with E-state index in [-0.39, 0.29) is 11.9 Å². The molecule has 0 bridgehead atoms. The van der Waals surface area contributed by atoms with E-state index in [0.717, 1.165) is 6.42 Å². The SMILES string of the molecule is C/C=C(\C)C(=O)OCC.CCCCCC=CC=CC(=O)OCC. The Hall–Kier alpha value is -1.84. The van der Waals surface area contributed by atoms with E-state index in [0.29, 0.717) is 18.8 Å². The number of esters is 2. The molecule has 0 rings (SSSR count). The van der Waals surface area contributed by atoms with Crippen LogP contribution in [0.5, 0.6) is 0 Å². The normalized spacial score (nSPS) is 11.3. The third-order valence-corrected chi connectivity index (χ3v) is 2.77. The molecule has 0 aliphatic heterocycles. The molecule has 0 saturated heterocycles. The smallest absolute Gasteiger partial charge is 0.333 e. The summed E-state index contributed by atoms with van der Waals surface area (Å²) in [6.45, 7) is 10.2. The van der Waals surface area contributed by atoms with Crippen LogP contribution in [0.1, 0.15) is 60.3 Å². The number of hydrogen-bond acceptors (Lipinski definition) is 4. The lowest BCUT2D eigenvalue weighted by molar-refractivity contribution is -0.138. The van der Waals surface area contributed by atoms with Crippen molar-refractivity contribution >= 4 is 11.9 Å². The van der Waals surface area contributed by atoms with Gasteiger partial charge in [-0.05, 0) is 40.5 Å². The first-order valence-corrected chi connectivity index (χ1v) is 8.33. The second-order valence-corrected chi connectivity index (χ2v) is 4.73. The minimum Gasteiger partial charge on any atom is -0.463 e. The molecule has 132 valence electrons. The van der Waals surface area contributed by atoms with Crippen LogP contribution in [0.15, 0.2) is 36.0 Å². The van der Waals surface area contributed by atoms with Crippen molar-refractivity contribution in [3.05, 3.63) is 36.0 Å². The van der Waals surface area contributed by atoms with Gasteiger partial charge in [0.15, 0.2) is 0 Å². The molecule has 0 amide bonds. The predicted molar refractivity (Wildman–Crippen MR) is 95.1 cm³/mol. The first kappa shape index (κ1) is 23.4. The van der Waals surface area contributed by atoms with Crippen LogP contribution < -0.4 is 0 Å². The van der Waals surface area contributed by atoms with Gasteiger partial charge in [0.25, 0.3) is 0 Å². The number of ether oxygens (including phenoxy) is 2. The molecule has 0 radical (unpaired) electrons. The minimum atomic E-state index is -0.272. The maximum Gasteiger partial charge on any atom is 0.333 e. The summed E-state index contributed by atoms with van der Waals surface area (Å²) < 4.78 is 9.41. The quantitative estimate of drug-likeness (QED) is 0.266. The Kier molecular flexibility index (Phi) is 18.5. The molecule has 0 fully saturated rings. The van der Waals surface area contributed by atoms with Crippen molar-refractivity contribution in [3.63, 3.8) is 0 Å². The van der Waals surface area contributed by atoms with Crippen LogP contribution in [0.3, 0.4) is 0 Å². The van der Waals surface area contributed by atoms with Crippen molar-refractivity contribution < 1.29 is 19.1 Å². The molecule has 4 heteroatoms. The van der Waals surface area contributed by atoms with Crippen LogP contribution in [0, 0.1) is 0 Å². The molecule has 0 aliphatic carbocycles. The van der Waals surface area contributed by atoms with Gasteiger partial charge >= 0.3 is 11.9 Å². The number of rotatable bonds is 9. The maximum atomic E-state index is 10.8.